The maximum absolute atomic E-state index is 12.7. The topological polar surface area (TPSA) is 85.3 Å². The minimum Gasteiger partial charge on any atom is -0.360 e. The van der Waals surface area contributed by atoms with E-state index in [1.165, 1.54) is 0 Å². The standard InChI is InChI=1S/C16H22N4O3/c1-10-17-14(19-22-10)11-6-5-7-20(9-11)15(21)12-8-13(23-18-12)16(2,3)4/h8,11H,5-7,9H2,1-4H3. The number of piperidine rings is 1. The summed E-state index contributed by atoms with van der Waals surface area (Å²) in [5.74, 6) is 1.95. The summed E-state index contributed by atoms with van der Waals surface area (Å²) in [4.78, 5) is 18.7. The Morgan fingerprint density at radius 2 is 2.09 bits per heavy atom. The lowest BCUT2D eigenvalue weighted by Gasteiger charge is -2.30. The fraction of sp³-hybridized carbons (Fsp3) is 0.625. The van der Waals surface area contributed by atoms with Crippen molar-refractivity contribution >= 4 is 5.91 Å². The molecule has 7 nitrogen and oxygen atoms in total. The highest BCUT2D eigenvalue weighted by molar-refractivity contribution is 5.92. The molecule has 2 aromatic rings. The average Bonchev–Trinajstić information content (AvgIpc) is 3.15. The lowest BCUT2D eigenvalue weighted by atomic mass is 9.93. The van der Waals surface area contributed by atoms with E-state index >= 15 is 0 Å². The van der Waals surface area contributed by atoms with Crippen molar-refractivity contribution in [1.82, 2.24) is 20.2 Å². The Balaban J connectivity index is 1.73. The lowest BCUT2D eigenvalue weighted by molar-refractivity contribution is 0.0693. The molecule has 124 valence electrons. The molecule has 1 aliphatic heterocycles. The Labute approximate surface area is 135 Å². The van der Waals surface area contributed by atoms with Gasteiger partial charge in [0.25, 0.3) is 5.91 Å². The van der Waals surface area contributed by atoms with Gasteiger partial charge in [-0.2, -0.15) is 4.98 Å². The van der Waals surface area contributed by atoms with E-state index in [2.05, 4.69) is 15.3 Å². The Morgan fingerprint density at radius 1 is 1.30 bits per heavy atom. The molecule has 1 unspecified atom stereocenters. The van der Waals surface area contributed by atoms with Crippen LogP contribution >= 0.6 is 0 Å². The van der Waals surface area contributed by atoms with Crippen molar-refractivity contribution in [3.05, 3.63) is 29.2 Å². The Bertz CT molecular complexity index is 698. The van der Waals surface area contributed by atoms with E-state index in [-0.39, 0.29) is 17.2 Å². The van der Waals surface area contributed by atoms with Crippen LogP contribution in [0, 0.1) is 6.92 Å². The summed E-state index contributed by atoms with van der Waals surface area (Å²) in [6.45, 7) is 9.14. The smallest absolute Gasteiger partial charge is 0.276 e. The van der Waals surface area contributed by atoms with Gasteiger partial charge in [0.2, 0.25) is 5.89 Å². The summed E-state index contributed by atoms with van der Waals surface area (Å²) < 4.78 is 10.4. The minimum absolute atomic E-state index is 0.103. The van der Waals surface area contributed by atoms with Crippen LogP contribution in [0.2, 0.25) is 0 Å². The molecule has 2 aromatic heterocycles. The van der Waals surface area contributed by atoms with Crippen LogP contribution < -0.4 is 0 Å². The zero-order chi connectivity index (χ0) is 16.6. The molecule has 1 saturated heterocycles. The third-order valence-corrected chi connectivity index (χ3v) is 4.09. The van der Waals surface area contributed by atoms with Gasteiger partial charge in [-0.15, -0.1) is 0 Å². The van der Waals surface area contributed by atoms with Gasteiger partial charge in [0.05, 0.1) is 0 Å². The number of carbonyl (C=O) groups excluding carboxylic acids is 1. The van der Waals surface area contributed by atoms with Gasteiger partial charge in [-0.25, -0.2) is 0 Å². The third-order valence-electron chi connectivity index (χ3n) is 4.09. The number of aryl methyl sites for hydroxylation is 1. The number of aromatic nitrogens is 3. The maximum atomic E-state index is 12.7. The number of amides is 1. The van der Waals surface area contributed by atoms with Gasteiger partial charge in [0, 0.05) is 37.4 Å². The van der Waals surface area contributed by atoms with Crippen molar-refractivity contribution in [2.24, 2.45) is 0 Å². The van der Waals surface area contributed by atoms with E-state index in [1.807, 2.05) is 20.8 Å². The van der Waals surface area contributed by atoms with Crippen LogP contribution in [-0.2, 0) is 5.41 Å². The number of rotatable bonds is 2. The molecule has 1 atom stereocenters. The molecule has 7 heteroatoms. The molecule has 3 heterocycles. The SMILES string of the molecule is Cc1nc(C2CCCN(C(=O)c3cc(C(C)(C)C)on3)C2)no1. The molecular weight excluding hydrogens is 296 g/mol. The zero-order valence-electron chi connectivity index (χ0n) is 14.0. The van der Waals surface area contributed by atoms with Gasteiger partial charge in [-0.1, -0.05) is 31.1 Å². The van der Waals surface area contributed by atoms with E-state index in [9.17, 15) is 4.79 Å². The fourth-order valence-electron chi connectivity index (χ4n) is 2.74. The second-order valence-electron chi connectivity index (χ2n) is 7.09. The predicted molar refractivity (Wildman–Crippen MR) is 82.1 cm³/mol. The fourth-order valence-corrected chi connectivity index (χ4v) is 2.74. The zero-order valence-corrected chi connectivity index (χ0v) is 14.0. The first-order valence-corrected chi connectivity index (χ1v) is 7.91. The summed E-state index contributed by atoms with van der Waals surface area (Å²) in [7, 11) is 0. The first-order chi connectivity index (χ1) is 10.8. The molecule has 1 amide bonds. The first-order valence-electron chi connectivity index (χ1n) is 7.91. The molecule has 0 aliphatic carbocycles. The van der Waals surface area contributed by atoms with Crippen LogP contribution in [0.3, 0.4) is 0 Å². The van der Waals surface area contributed by atoms with E-state index in [0.717, 1.165) is 12.8 Å². The molecule has 0 aromatic carbocycles. The summed E-state index contributed by atoms with van der Waals surface area (Å²) in [6, 6.07) is 1.74. The summed E-state index contributed by atoms with van der Waals surface area (Å²) in [6.07, 6.45) is 1.86. The highest BCUT2D eigenvalue weighted by Crippen LogP contribution is 2.27. The predicted octanol–water partition coefficient (Wildman–Crippen LogP) is 2.68. The van der Waals surface area contributed by atoms with Gasteiger partial charge in [0.15, 0.2) is 11.5 Å². The van der Waals surface area contributed by atoms with Crippen molar-refractivity contribution in [3.8, 4) is 0 Å². The molecule has 0 bridgehead atoms. The highest BCUT2D eigenvalue weighted by atomic mass is 16.5. The Kier molecular flexibility index (Phi) is 3.95. The van der Waals surface area contributed by atoms with Crippen LogP contribution in [0.15, 0.2) is 15.1 Å². The molecule has 0 N–H and O–H groups in total. The summed E-state index contributed by atoms with van der Waals surface area (Å²) in [5, 5.41) is 7.93. The molecule has 0 radical (unpaired) electrons. The third kappa shape index (κ3) is 3.28. The first kappa shape index (κ1) is 15.7. The van der Waals surface area contributed by atoms with Gasteiger partial charge in [-0.05, 0) is 12.8 Å². The molecular formula is C16H22N4O3. The summed E-state index contributed by atoms with van der Waals surface area (Å²) >= 11 is 0. The van der Waals surface area contributed by atoms with Crippen molar-refractivity contribution < 1.29 is 13.8 Å². The number of hydrogen-bond acceptors (Lipinski definition) is 6. The van der Waals surface area contributed by atoms with Gasteiger partial charge in [-0.3, -0.25) is 4.79 Å². The van der Waals surface area contributed by atoms with E-state index in [4.69, 9.17) is 9.05 Å². The van der Waals surface area contributed by atoms with E-state index in [0.29, 0.717) is 36.3 Å². The molecule has 1 aliphatic rings. The minimum atomic E-state index is -0.169. The van der Waals surface area contributed by atoms with E-state index < -0.39 is 0 Å². The van der Waals surface area contributed by atoms with Crippen LogP contribution in [-0.4, -0.2) is 39.2 Å². The van der Waals surface area contributed by atoms with Crippen molar-refractivity contribution in [1.29, 1.82) is 0 Å². The van der Waals surface area contributed by atoms with Gasteiger partial charge in [0.1, 0.15) is 5.76 Å². The monoisotopic (exact) mass is 318 g/mol. The van der Waals surface area contributed by atoms with Crippen LogP contribution in [0.5, 0.6) is 0 Å². The van der Waals surface area contributed by atoms with E-state index in [1.54, 1.807) is 17.9 Å². The van der Waals surface area contributed by atoms with Crippen molar-refractivity contribution in [3.63, 3.8) is 0 Å². The quantitative estimate of drug-likeness (QED) is 0.846. The Hall–Kier alpha value is -2.18. The van der Waals surface area contributed by atoms with Crippen molar-refractivity contribution in [2.45, 2.75) is 51.9 Å². The van der Waals surface area contributed by atoms with Crippen LogP contribution in [0.25, 0.3) is 0 Å². The second kappa shape index (κ2) is 5.79. The highest BCUT2D eigenvalue weighted by Gasteiger charge is 2.30. The number of likely N-dealkylation sites (tertiary alicyclic amines) is 1. The van der Waals surface area contributed by atoms with Crippen molar-refractivity contribution in [2.75, 3.05) is 13.1 Å². The molecule has 0 saturated carbocycles. The molecule has 3 rings (SSSR count). The normalized spacial score (nSPS) is 19.1. The van der Waals surface area contributed by atoms with Crippen LogP contribution in [0.1, 0.15) is 67.5 Å². The van der Waals surface area contributed by atoms with Gasteiger partial charge >= 0.3 is 0 Å². The largest absolute Gasteiger partial charge is 0.360 e. The molecule has 23 heavy (non-hydrogen) atoms. The van der Waals surface area contributed by atoms with Crippen LogP contribution in [0.4, 0.5) is 0 Å². The summed E-state index contributed by atoms with van der Waals surface area (Å²) in [5.41, 5.74) is 0.192. The lowest BCUT2D eigenvalue weighted by Crippen LogP contribution is -2.39. The number of hydrogen-bond donors (Lipinski definition) is 0. The second-order valence-corrected chi connectivity index (χ2v) is 7.09. The molecule has 1 fully saturated rings. The Morgan fingerprint density at radius 3 is 2.70 bits per heavy atom. The average molecular weight is 318 g/mol. The van der Waals surface area contributed by atoms with Gasteiger partial charge < -0.3 is 13.9 Å². The molecule has 0 spiro atoms. The number of carbonyl (C=O) groups is 1. The number of nitrogens with zero attached hydrogens (tertiary/aromatic N) is 4. The maximum Gasteiger partial charge on any atom is 0.276 e.